The van der Waals surface area contributed by atoms with Crippen LogP contribution in [0.15, 0.2) is 38.4 Å². The Labute approximate surface area is 135 Å². The highest BCUT2D eigenvalue weighted by Crippen LogP contribution is 2.24. The van der Waals surface area contributed by atoms with Crippen LogP contribution < -0.4 is 5.56 Å². The van der Waals surface area contributed by atoms with Crippen molar-refractivity contribution in [2.45, 2.75) is 30.4 Å². The molecule has 3 nitrogen and oxygen atoms in total. The first kappa shape index (κ1) is 15.6. The summed E-state index contributed by atoms with van der Waals surface area (Å²) in [4.78, 5) is 20.2. The Bertz CT molecular complexity index is 655. The second-order valence-electron chi connectivity index (χ2n) is 4.61. The molecule has 2 rings (SSSR count). The van der Waals surface area contributed by atoms with Gasteiger partial charge in [-0.05, 0) is 46.1 Å². The zero-order valence-corrected chi connectivity index (χ0v) is 14.3. The van der Waals surface area contributed by atoms with Gasteiger partial charge in [-0.2, -0.15) is 0 Å². The number of thioether (sulfide) groups is 1. The van der Waals surface area contributed by atoms with Crippen LogP contribution in [0.2, 0.25) is 5.02 Å². The van der Waals surface area contributed by atoms with Gasteiger partial charge in [0.1, 0.15) is 10.3 Å². The molecule has 0 aliphatic rings. The molecule has 1 aromatic heterocycles. The minimum Gasteiger partial charge on any atom is -0.309 e. The maximum atomic E-state index is 11.9. The Morgan fingerprint density at radius 2 is 2.00 bits per heavy atom. The Morgan fingerprint density at radius 3 is 2.60 bits per heavy atom. The number of aromatic nitrogens is 2. The summed E-state index contributed by atoms with van der Waals surface area (Å²) in [6.45, 7) is 4.03. The molecule has 6 heteroatoms. The summed E-state index contributed by atoms with van der Waals surface area (Å²) in [6.07, 6.45) is 0. The van der Waals surface area contributed by atoms with E-state index in [0.29, 0.717) is 21.1 Å². The maximum Gasteiger partial charge on any atom is 0.265 e. The predicted octanol–water partition coefficient (Wildman–Crippen LogP) is 4.60. The normalized spacial score (nSPS) is 11.1. The molecule has 0 saturated carbocycles. The van der Waals surface area contributed by atoms with E-state index in [4.69, 9.17) is 11.6 Å². The molecule has 1 aromatic carbocycles. The molecule has 0 atom stereocenters. The molecule has 1 heterocycles. The number of benzene rings is 1. The Kier molecular flexibility index (Phi) is 5.29. The fraction of sp³-hybridized carbons (Fsp3) is 0.286. The van der Waals surface area contributed by atoms with E-state index in [9.17, 15) is 4.79 Å². The molecule has 0 fully saturated rings. The number of hydrogen-bond donors (Lipinski definition) is 1. The van der Waals surface area contributed by atoms with Crippen molar-refractivity contribution in [1.82, 2.24) is 9.97 Å². The van der Waals surface area contributed by atoms with Gasteiger partial charge in [0.25, 0.3) is 5.56 Å². The topological polar surface area (TPSA) is 45.8 Å². The lowest BCUT2D eigenvalue weighted by molar-refractivity contribution is 0.784. The van der Waals surface area contributed by atoms with Gasteiger partial charge in [0.15, 0.2) is 0 Å². The standard InChI is InChI=1S/C14H14BrClN2OS/c1-8(2)13-12(15)14(19)18-11(17-13)7-20-10-5-3-9(16)4-6-10/h3-6,8H,7H2,1-2H3,(H,17,18,19). The first-order valence-corrected chi connectivity index (χ1v) is 8.30. The molecule has 0 aliphatic carbocycles. The Balaban J connectivity index is 2.17. The molecule has 0 bridgehead atoms. The van der Waals surface area contributed by atoms with Crippen molar-refractivity contribution < 1.29 is 0 Å². The number of aromatic amines is 1. The van der Waals surface area contributed by atoms with Gasteiger partial charge in [0, 0.05) is 9.92 Å². The van der Waals surface area contributed by atoms with Crippen LogP contribution in [0.4, 0.5) is 0 Å². The van der Waals surface area contributed by atoms with Gasteiger partial charge >= 0.3 is 0 Å². The van der Waals surface area contributed by atoms with Crippen LogP contribution in [0.1, 0.15) is 31.3 Å². The number of H-pyrrole nitrogens is 1. The van der Waals surface area contributed by atoms with E-state index in [2.05, 4.69) is 25.9 Å². The van der Waals surface area contributed by atoms with Crippen LogP contribution in [0.3, 0.4) is 0 Å². The van der Waals surface area contributed by atoms with E-state index in [-0.39, 0.29) is 11.5 Å². The highest BCUT2D eigenvalue weighted by atomic mass is 79.9. The third-order valence-corrected chi connectivity index (χ3v) is 4.72. The summed E-state index contributed by atoms with van der Waals surface area (Å²) in [7, 11) is 0. The van der Waals surface area contributed by atoms with Gasteiger partial charge in [-0.1, -0.05) is 25.4 Å². The van der Waals surface area contributed by atoms with Crippen LogP contribution in [-0.4, -0.2) is 9.97 Å². The number of rotatable bonds is 4. The molecule has 0 radical (unpaired) electrons. The van der Waals surface area contributed by atoms with E-state index >= 15 is 0 Å². The van der Waals surface area contributed by atoms with Crippen LogP contribution in [0, 0.1) is 0 Å². The molecule has 0 aliphatic heterocycles. The lowest BCUT2D eigenvalue weighted by Gasteiger charge is -2.09. The first-order valence-electron chi connectivity index (χ1n) is 6.14. The fourth-order valence-corrected chi connectivity index (χ4v) is 3.20. The molecular formula is C14H14BrClN2OS. The molecule has 0 saturated heterocycles. The highest BCUT2D eigenvalue weighted by Gasteiger charge is 2.12. The Morgan fingerprint density at radius 1 is 1.35 bits per heavy atom. The number of nitrogens with zero attached hydrogens (tertiary/aromatic N) is 1. The fourth-order valence-electron chi connectivity index (χ4n) is 1.66. The second-order valence-corrected chi connectivity index (χ2v) is 6.89. The second kappa shape index (κ2) is 6.78. The van der Waals surface area contributed by atoms with Gasteiger partial charge in [0.05, 0.1) is 11.4 Å². The molecule has 0 unspecified atom stereocenters. The summed E-state index contributed by atoms with van der Waals surface area (Å²) in [6, 6.07) is 7.60. The van der Waals surface area contributed by atoms with Crippen molar-refractivity contribution in [1.29, 1.82) is 0 Å². The zero-order valence-electron chi connectivity index (χ0n) is 11.1. The van der Waals surface area contributed by atoms with Gasteiger partial charge in [-0.15, -0.1) is 11.8 Å². The van der Waals surface area contributed by atoms with Crippen molar-refractivity contribution in [3.8, 4) is 0 Å². The molecule has 1 N–H and O–H groups in total. The molecule has 0 amide bonds. The highest BCUT2D eigenvalue weighted by molar-refractivity contribution is 9.10. The number of halogens is 2. The number of hydrogen-bond acceptors (Lipinski definition) is 3. The van der Waals surface area contributed by atoms with E-state index in [1.807, 2.05) is 38.1 Å². The van der Waals surface area contributed by atoms with Crippen molar-refractivity contribution in [2.24, 2.45) is 0 Å². The molecule has 2 aromatic rings. The van der Waals surface area contributed by atoms with E-state index < -0.39 is 0 Å². The monoisotopic (exact) mass is 372 g/mol. The van der Waals surface area contributed by atoms with E-state index in [1.165, 1.54) is 0 Å². The quantitative estimate of drug-likeness (QED) is 0.797. The Hall–Kier alpha value is -0.780. The summed E-state index contributed by atoms with van der Waals surface area (Å²) in [5.41, 5.74) is 0.663. The molecular weight excluding hydrogens is 360 g/mol. The number of nitrogens with one attached hydrogen (secondary N) is 1. The molecule has 20 heavy (non-hydrogen) atoms. The smallest absolute Gasteiger partial charge is 0.265 e. The average molecular weight is 374 g/mol. The van der Waals surface area contributed by atoms with Crippen LogP contribution in [0.5, 0.6) is 0 Å². The van der Waals surface area contributed by atoms with Gasteiger partial charge in [-0.25, -0.2) is 4.98 Å². The van der Waals surface area contributed by atoms with Gasteiger partial charge in [0.2, 0.25) is 0 Å². The van der Waals surface area contributed by atoms with Crippen LogP contribution in [-0.2, 0) is 5.75 Å². The zero-order chi connectivity index (χ0) is 14.7. The van der Waals surface area contributed by atoms with Crippen molar-refractivity contribution in [3.05, 3.63) is 55.6 Å². The minimum atomic E-state index is -0.129. The lowest BCUT2D eigenvalue weighted by Crippen LogP contribution is -2.16. The van der Waals surface area contributed by atoms with Crippen molar-refractivity contribution in [3.63, 3.8) is 0 Å². The third-order valence-electron chi connectivity index (χ3n) is 2.67. The van der Waals surface area contributed by atoms with E-state index in [0.717, 1.165) is 10.6 Å². The minimum absolute atomic E-state index is 0.129. The average Bonchev–Trinajstić information content (AvgIpc) is 2.41. The summed E-state index contributed by atoms with van der Waals surface area (Å²) in [5, 5.41) is 0.714. The summed E-state index contributed by atoms with van der Waals surface area (Å²) >= 11 is 10.8. The largest absolute Gasteiger partial charge is 0.309 e. The maximum absolute atomic E-state index is 11.9. The summed E-state index contributed by atoms with van der Waals surface area (Å²) in [5.74, 6) is 1.50. The van der Waals surface area contributed by atoms with Crippen molar-refractivity contribution >= 4 is 39.3 Å². The van der Waals surface area contributed by atoms with Crippen molar-refractivity contribution in [2.75, 3.05) is 0 Å². The van der Waals surface area contributed by atoms with Crippen LogP contribution in [0.25, 0.3) is 0 Å². The van der Waals surface area contributed by atoms with Gasteiger partial charge < -0.3 is 4.98 Å². The lowest BCUT2D eigenvalue weighted by atomic mass is 10.1. The third kappa shape index (κ3) is 3.87. The SMILES string of the molecule is CC(C)c1nc(CSc2ccc(Cl)cc2)[nH]c(=O)c1Br. The molecule has 106 valence electrons. The van der Waals surface area contributed by atoms with E-state index in [1.54, 1.807) is 11.8 Å². The summed E-state index contributed by atoms with van der Waals surface area (Å²) < 4.78 is 0.521. The first-order chi connectivity index (χ1) is 9.47. The van der Waals surface area contributed by atoms with Crippen LogP contribution >= 0.6 is 39.3 Å². The van der Waals surface area contributed by atoms with Gasteiger partial charge in [-0.3, -0.25) is 4.79 Å². The molecule has 0 spiro atoms. The predicted molar refractivity (Wildman–Crippen MR) is 87.7 cm³/mol.